The van der Waals surface area contributed by atoms with E-state index in [1.807, 2.05) is 6.07 Å². The van der Waals surface area contributed by atoms with Crippen LogP contribution in [-0.2, 0) is 10.3 Å². The zero-order chi connectivity index (χ0) is 13.2. The monoisotopic (exact) mass is 264 g/mol. The van der Waals surface area contributed by atoms with Gasteiger partial charge in [-0.2, -0.15) is 0 Å². The number of aliphatic hydroxyl groups excluding tert-OH is 1. The molecule has 2 rings (SSSR count). The van der Waals surface area contributed by atoms with Crippen molar-refractivity contribution in [3.05, 3.63) is 40.8 Å². The molecule has 2 heterocycles. The molecule has 0 saturated heterocycles. The Morgan fingerprint density at radius 2 is 2.28 bits per heavy atom. The lowest BCUT2D eigenvalue weighted by atomic mass is 9.94. The van der Waals surface area contributed by atoms with E-state index in [1.165, 1.54) is 11.3 Å². The third-order valence-electron chi connectivity index (χ3n) is 2.67. The summed E-state index contributed by atoms with van der Waals surface area (Å²) in [5.41, 5.74) is 5.47. The van der Waals surface area contributed by atoms with Gasteiger partial charge in [-0.15, -0.1) is 11.3 Å². The molecule has 0 bridgehead atoms. The summed E-state index contributed by atoms with van der Waals surface area (Å²) in [6, 6.07) is 5.35. The number of aromatic nitrogens is 1. The smallest absolute Gasteiger partial charge is 0.331 e. The van der Waals surface area contributed by atoms with Gasteiger partial charge in [0.2, 0.25) is 0 Å². The first-order valence-corrected chi connectivity index (χ1v) is 6.09. The van der Waals surface area contributed by atoms with Crippen molar-refractivity contribution in [2.75, 3.05) is 6.61 Å². The molecule has 0 aliphatic carbocycles. The molecule has 94 valence electrons. The largest absolute Gasteiger partial charge is 0.480 e. The summed E-state index contributed by atoms with van der Waals surface area (Å²) in [4.78, 5) is 15.7. The lowest BCUT2D eigenvalue weighted by Crippen LogP contribution is -2.47. The molecule has 1 atom stereocenters. The summed E-state index contributed by atoms with van der Waals surface area (Å²) in [7, 11) is 0. The summed E-state index contributed by atoms with van der Waals surface area (Å²) in [5, 5.41) is 20.2. The molecule has 18 heavy (non-hydrogen) atoms. The molecule has 0 aliphatic rings. The summed E-state index contributed by atoms with van der Waals surface area (Å²) in [6.45, 7) is -0.657. The Balaban J connectivity index is 2.55. The predicted molar refractivity (Wildman–Crippen MR) is 68.1 cm³/mol. The maximum atomic E-state index is 11.2. The van der Waals surface area contributed by atoms with Gasteiger partial charge in [0.15, 0.2) is 5.54 Å². The van der Waals surface area contributed by atoms with E-state index in [9.17, 15) is 15.0 Å². The van der Waals surface area contributed by atoms with Gasteiger partial charge in [-0.25, -0.2) is 4.79 Å². The fraction of sp³-hybridized carbons (Fsp3) is 0.167. The minimum absolute atomic E-state index is 0.422. The Kier molecular flexibility index (Phi) is 3.42. The Hall–Kier alpha value is -1.76. The number of pyridine rings is 1. The van der Waals surface area contributed by atoms with Crippen LogP contribution >= 0.6 is 11.3 Å². The van der Waals surface area contributed by atoms with E-state index >= 15 is 0 Å². The molecular formula is C12H12N2O3S. The van der Waals surface area contributed by atoms with Crippen LogP contribution in [-0.4, -0.2) is 27.8 Å². The van der Waals surface area contributed by atoms with Crippen molar-refractivity contribution in [2.45, 2.75) is 5.54 Å². The molecule has 5 nitrogen and oxygen atoms in total. The minimum atomic E-state index is -1.78. The number of rotatable bonds is 4. The maximum absolute atomic E-state index is 11.2. The Morgan fingerprint density at radius 3 is 2.83 bits per heavy atom. The first kappa shape index (κ1) is 12.7. The highest BCUT2D eigenvalue weighted by atomic mass is 32.1. The summed E-state index contributed by atoms with van der Waals surface area (Å²) in [6.07, 6.45) is 3.26. The van der Waals surface area contributed by atoms with Crippen LogP contribution in [0.15, 0.2) is 36.0 Å². The second kappa shape index (κ2) is 4.85. The SMILES string of the molecule is NC(CO)(C(=O)O)c1sccc1-c1cccnc1. The zero-order valence-electron chi connectivity index (χ0n) is 9.41. The number of aliphatic carboxylic acids is 1. The van der Waals surface area contributed by atoms with E-state index in [1.54, 1.807) is 29.9 Å². The number of hydrogen-bond acceptors (Lipinski definition) is 5. The van der Waals surface area contributed by atoms with E-state index in [4.69, 9.17) is 5.73 Å². The fourth-order valence-electron chi connectivity index (χ4n) is 1.64. The molecule has 0 aromatic carbocycles. The van der Waals surface area contributed by atoms with Crippen LogP contribution in [0.25, 0.3) is 11.1 Å². The molecular weight excluding hydrogens is 252 g/mol. The van der Waals surface area contributed by atoms with E-state index in [-0.39, 0.29) is 0 Å². The number of hydrogen-bond donors (Lipinski definition) is 3. The molecule has 0 saturated carbocycles. The molecule has 1 unspecified atom stereocenters. The average Bonchev–Trinajstić information content (AvgIpc) is 2.88. The van der Waals surface area contributed by atoms with Crippen molar-refractivity contribution in [1.82, 2.24) is 4.98 Å². The van der Waals surface area contributed by atoms with Gasteiger partial charge in [-0.05, 0) is 23.1 Å². The standard InChI is InChI=1S/C12H12N2O3S/c13-12(7-15,11(16)17)10-9(3-5-18-10)8-2-1-4-14-6-8/h1-6,15H,7,13H2,(H,16,17). The van der Waals surface area contributed by atoms with Crippen LogP contribution in [0, 0.1) is 0 Å². The third kappa shape index (κ3) is 2.01. The number of nitrogens with two attached hydrogens (primary N) is 1. The molecule has 2 aromatic rings. The topological polar surface area (TPSA) is 96.4 Å². The Bertz CT molecular complexity index is 555. The van der Waals surface area contributed by atoms with Crippen LogP contribution in [0.5, 0.6) is 0 Å². The normalized spacial score (nSPS) is 14.1. The number of thiophene rings is 1. The molecule has 4 N–H and O–H groups in total. The molecule has 0 spiro atoms. The van der Waals surface area contributed by atoms with Crippen LogP contribution in [0.2, 0.25) is 0 Å². The van der Waals surface area contributed by atoms with Gasteiger partial charge < -0.3 is 15.9 Å². The van der Waals surface area contributed by atoms with Crippen molar-refractivity contribution in [3.63, 3.8) is 0 Å². The highest BCUT2D eigenvalue weighted by Gasteiger charge is 2.38. The van der Waals surface area contributed by atoms with Crippen molar-refractivity contribution in [1.29, 1.82) is 0 Å². The van der Waals surface area contributed by atoms with Crippen LogP contribution < -0.4 is 5.73 Å². The van der Waals surface area contributed by atoms with Gasteiger partial charge in [0.05, 0.1) is 6.61 Å². The van der Waals surface area contributed by atoms with E-state index < -0.39 is 18.1 Å². The van der Waals surface area contributed by atoms with Crippen molar-refractivity contribution >= 4 is 17.3 Å². The van der Waals surface area contributed by atoms with Gasteiger partial charge >= 0.3 is 5.97 Å². The van der Waals surface area contributed by atoms with E-state index in [0.29, 0.717) is 10.4 Å². The number of nitrogens with zero attached hydrogens (tertiary/aromatic N) is 1. The number of carbonyl (C=O) groups is 1. The van der Waals surface area contributed by atoms with Gasteiger partial charge in [0.25, 0.3) is 0 Å². The van der Waals surface area contributed by atoms with E-state index in [0.717, 1.165) is 5.56 Å². The molecule has 0 amide bonds. The quantitative estimate of drug-likeness (QED) is 0.766. The number of aliphatic hydroxyl groups is 1. The first-order chi connectivity index (χ1) is 8.59. The average molecular weight is 264 g/mol. The lowest BCUT2D eigenvalue weighted by Gasteiger charge is -2.22. The van der Waals surface area contributed by atoms with Crippen LogP contribution in [0.1, 0.15) is 4.88 Å². The van der Waals surface area contributed by atoms with E-state index in [2.05, 4.69) is 4.98 Å². The van der Waals surface area contributed by atoms with Crippen LogP contribution in [0.3, 0.4) is 0 Å². The maximum Gasteiger partial charge on any atom is 0.331 e. The van der Waals surface area contributed by atoms with Gasteiger partial charge in [-0.3, -0.25) is 4.98 Å². The fourth-order valence-corrected chi connectivity index (χ4v) is 2.66. The van der Waals surface area contributed by atoms with Crippen molar-refractivity contribution in [3.8, 4) is 11.1 Å². The molecule has 0 fully saturated rings. The predicted octanol–water partition coefficient (Wildman–Crippen LogP) is 1.04. The second-order valence-electron chi connectivity index (χ2n) is 3.84. The second-order valence-corrected chi connectivity index (χ2v) is 4.76. The molecule has 0 aliphatic heterocycles. The Labute approximate surface area is 108 Å². The van der Waals surface area contributed by atoms with Gasteiger partial charge in [-0.1, -0.05) is 6.07 Å². The zero-order valence-corrected chi connectivity index (χ0v) is 10.2. The van der Waals surface area contributed by atoms with Crippen molar-refractivity contribution in [2.24, 2.45) is 5.73 Å². The molecule has 6 heteroatoms. The molecule has 0 radical (unpaired) electrons. The lowest BCUT2D eigenvalue weighted by molar-refractivity contribution is -0.145. The highest BCUT2D eigenvalue weighted by Crippen LogP contribution is 2.34. The van der Waals surface area contributed by atoms with Gasteiger partial charge in [0.1, 0.15) is 0 Å². The Morgan fingerprint density at radius 1 is 1.50 bits per heavy atom. The van der Waals surface area contributed by atoms with Crippen LogP contribution in [0.4, 0.5) is 0 Å². The number of carboxylic acids is 1. The summed E-state index contributed by atoms with van der Waals surface area (Å²) < 4.78 is 0. The summed E-state index contributed by atoms with van der Waals surface area (Å²) >= 11 is 1.21. The third-order valence-corrected chi connectivity index (χ3v) is 3.77. The van der Waals surface area contributed by atoms with Crippen molar-refractivity contribution < 1.29 is 15.0 Å². The first-order valence-electron chi connectivity index (χ1n) is 5.21. The molecule has 2 aromatic heterocycles. The minimum Gasteiger partial charge on any atom is -0.480 e. The number of carboxylic acid groups (broad SMARTS) is 1. The summed E-state index contributed by atoms with van der Waals surface area (Å²) in [5.74, 6) is -1.25. The van der Waals surface area contributed by atoms with Gasteiger partial charge in [0, 0.05) is 22.8 Å². The highest BCUT2D eigenvalue weighted by molar-refractivity contribution is 7.10.